The Hall–Kier alpha value is -2.24. The lowest BCUT2D eigenvalue weighted by Crippen LogP contribution is -2.11. The van der Waals surface area contributed by atoms with Gasteiger partial charge in [-0.15, -0.1) is 0 Å². The van der Waals surface area contributed by atoms with Crippen LogP contribution in [0.3, 0.4) is 0 Å². The van der Waals surface area contributed by atoms with Crippen molar-refractivity contribution in [2.45, 2.75) is 0 Å². The van der Waals surface area contributed by atoms with Crippen LogP contribution in [0.25, 0.3) is 5.69 Å². The van der Waals surface area contributed by atoms with Crippen LogP contribution < -0.4 is 5.76 Å². The zero-order valence-corrected chi connectivity index (χ0v) is 7.35. The van der Waals surface area contributed by atoms with Crippen LogP contribution in [-0.2, 0) is 0 Å². The molecule has 2 aromatic rings. The standard InChI is InChI=1S/C9H6FNO4/c10-6-2-1-5(3-7(6)12)11-8(13)4-15-9(11)14/h1-4,12-13H. The van der Waals surface area contributed by atoms with E-state index in [4.69, 9.17) is 5.11 Å². The minimum atomic E-state index is -0.821. The number of rotatable bonds is 1. The summed E-state index contributed by atoms with van der Waals surface area (Å²) in [5, 5.41) is 18.3. The molecule has 5 nitrogen and oxygen atoms in total. The van der Waals surface area contributed by atoms with Gasteiger partial charge in [0.1, 0.15) is 0 Å². The number of phenols is 1. The van der Waals surface area contributed by atoms with Crippen molar-refractivity contribution in [2.24, 2.45) is 0 Å². The molecule has 0 aliphatic rings. The van der Waals surface area contributed by atoms with Gasteiger partial charge in [-0.05, 0) is 12.1 Å². The fourth-order valence-electron chi connectivity index (χ4n) is 1.18. The second-order valence-corrected chi connectivity index (χ2v) is 2.83. The molecule has 0 radical (unpaired) electrons. The number of phenolic OH excluding ortho intramolecular Hbond substituents is 1. The quantitative estimate of drug-likeness (QED) is 0.737. The molecular formula is C9H6FNO4. The van der Waals surface area contributed by atoms with E-state index in [0.29, 0.717) is 0 Å². The number of oxazole rings is 1. The molecule has 1 heterocycles. The lowest BCUT2D eigenvalue weighted by Gasteiger charge is -2.02. The van der Waals surface area contributed by atoms with E-state index in [1.165, 1.54) is 6.07 Å². The van der Waals surface area contributed by atoms with E-state index in [-0.39, 0.29) is 5.69 Å². The minimum Gasteiger partial charge on any atom is -0.505 e. The Balaban J connectivity index is 2.65. The van der Waals surface area contributed by atoms with E-state index < -0.39 is 23.2 Å². The summed E-state index contributed by atoms with van der Waals surface area (Å²) in [6.45, 7) is 0. The number of halogens is 1. The Labute approximate surface area is 82.6 Å². The third-order valence-electron chi connectivity index (χ3n) is 1.86. The van der Waals surface area contributed by atoms with Crippen molar-refractivity contribution in [1.29, 1.82) is 0 Å². The summed E-state index contributed by atoms with van der Waals surface area (Å²) in [6, 6.07) is 3.21. The Morgan fingerprint density at radius 3 is 2.60 bits per heavy atom. The van der Waals surface area contributed by atoms with Crippen LogP contribution in [0.1, 0.15) is 0 Å². The van der Waals surface area contributed by atoms with Gasteiger partial charge in [0.2, 0.25) is 5.88 Å². The van der Waals surface area contributed by atoms with Crippen LogP contribution in [0.15, 0.2) is 33.7 Å². The van der Waals surface area contributed by atoms with Crippen LogP contribution >= 0.6 is 0 Å². The fraction of sp³-hybridized carbons (Fsp3) is 0. The van der Waals surface area contributed by atoms with Gasteiger partial charge in [0, 0.05) is 6.07 Å². The smallest absolute Gasteiger partial charge is 0.426 e. The zero-order chi connectivity index (χ0) is 11.0. The molecule has 0 saturated carbocycles. The molecule has 0 aliphatic heterocycles. The minimum absolute atomic E-state index is 0.116. The number of aromatic hydroxyl groups is 2. The summed E-state index contributed by atoms with van der Waals surface area (Å²) in [5.41, 5.74) is 0.116. The van der Waals surface area contributed by atoms with E-state index in [1.54, 1.807) is 0 Å². The van der Waals surface area contributed by atoms with Gasteiger partial charge in [-0.2, -0.15) is 0 Å². The van der Waals surface area contributed by atoms with Gasteiger partial charge in [-0.25, -0.2) is 13.8 Å². The third-order valence-corrected chi connectivity index (χ3v) is 1.86. The summed E-state index contributed by atoms with van der Waals surface area (Å²) in [4.78, 5) is 11.1. The maximum absolute atomic E-state index is 12.7. The van der Waals surface area contributed by atoms with Gasteiger partial charge in [-0.1, -0.05) is 0 Å². The summed E-state index contributed by atoms with van der Waals surface area (Å²) in [5.74, 6) is -2.67. The predicted octanol–water partition coefficient (Wildman–Crippen LogP) is 0.981. The highest BCUT2D eigenvalue weighted by molar-refractivity contribution is 5.41. The molecule has 0 unspecified atom stereocenters. The first-order valence-corrected chi connectivity index (χ1v) is 3.98. The van der Waals surface area contributed by atoms with Gasteiger partial charge in [0.15, 0.2) is 17.8 Å². The molecule has 0 spiro atoms. The predicted molar refractivity (Wildman–Crippen MR) is 47.6 cm³/mol. The molecular weight excluding hydrogens is 205 g/mol. The van der Waals surface area contributed by atoms with Crippen molar-refractivity contribution in [1.82, 2.24) is 4.57 Å². The largest absolute Gasteiger partial charge is 0.505 e. The highest BCUT2D eigenvalue weighted by Crippen LogP contribution is 2.21. The van der Waals surface area contributed by atoms with Crippen molar-refractivity contribution in [3.05, 3.63) is 40.8 Å². The Kier molecular flexibility index (Phi) is 1.96. The van der Waals surface area contributed by atoms with Crippen molar-refractivity contribution in [3.63, 3.8) is 0 Å². The van der Waals surface area contributed by atoms with Gasteiger partial charge >= 0.3 is 5.76 Å². The second-order valence-electron chi connectivity index (χ2n) is 2.83. The lowest BCUT2D eigenvalue weighted by atomic mass is 10.3. The topological polar surface area (TPSA) is 75.6 Å². The maximum atomic E-state index is 12.7. The normalized spacial score (nSPS) is 10.5. The average molecular weight is 211 g/mol. The van der Waals surface area contributed by atoms with Crippen molar-refractivity contribution in [3.8, 4) is 17.3 Å². The molecule has 0 bridgehead atoms. The summed E-state index contributed by atoms with van der Waals surface area (Å²) < 4.78 is 17.9. The summed E-state index contributed by atoms with van der Waals surface area (Å²) >= 11 is 0. The number of hydrogen-bond donors (Lipinski definition) is 2. The monoisotopic (exact) mass is 211 g/mol. The Bertz CT molecular complexity index is 557. The van der Waals surface area contributed by atoms with E-state index in [1.807, 2.05) is 0 Å². The molecule has 0 fully saturated rings. The van der Waals surface area contributed by atoms with Crippen molar-refractivity contribution in [2.75, 3.05) is 0 Å². The van der Waals surface area contributed by atoms with Crippen LogP contribution in [0.4, 0.5) is 4.39 Å². The number of nitrogens with zero attached hydrogens (tertiary/aromatic N) is 1. The van der Waals surface area contributed by atoms with E-state index in [2.05, 4.69) is 4.42 Å². The first-order valence-electron chi connectivity index (χ1n) is 3.98. The molecule has 0 amide bonds. The van der Waals surface area contributed by atoms with Crippen molar-refractivity contribution >= 4 is 0 Å². The fourth-order valence-corrected chi connectivity index (χ4v) is 1.18. The van der Waals surface area contributed by atoms with E-state index >= 15 is 0 Å². The van der Waals surface area contributed by atoms with Gasteiger partial charge in [0.25, 0.3) is 0 Å². The van der Waals surface area contributed by atoms with Crippen LogP contribution in [-0.4, -0.2) is 14.8 Å². The van der Waals surface area contributed by atoms with E-state index in [0.717, 1.165) is 23.0 Å². The third kappa shape index (κ3) is 1.45. The van der Waals surface area contributed by atoms with Crippen LogP contribution in [0, 0.1) is 5.82 Å². The van der Waals surface area contributed by atoms with E-state index in [9.17, 15) is 14.3 Å². The maximum Gasteiger partial charge on any atom is 0.426 e. The van der Waals surface area contributed by atoms with Crippen LogP contribution in [0.5, 0.6) is 11.6 Å². The number of hydrogen-bond acceptors (Lipinski definition) is 4. The summed E-state index contributed by atoms with van der Waals surface area (Å²) in [6.07, 6.45) is 0.850. The first-order chi connectivity index (χ1) is 7.09. The molecule has 0 saturated heterocycles. The average Bonchev–Trinajstić information content (AvgIpc) is 2.52. The number of aromatic nitrogens is 1. The van der Waals surface area contributed by atoms with Gasteiger partial charge < -0.3 is 14.6 Å². The molecule has 2 rings (SSSR count). The molecule has 78 valence electrons. The van der Waals surface area contributed by atoms with Crippen molar-refractivity contribution < 1.29 is 19.0 Å². The van der Waals surface area contributed by atoms with Gasteiger partial charge in [0.05, 0.1) is 5.69 Å². The Morgan fingerprint density at radius 2 is 2.07 bits per heavy atom. The molecule has 0 atom stereocenters. The lowest BCUT2D eigenvalue weighted by molar-refractivity contribution is 0.428. The highest BCUT2D eigenvalue weighted by atomic mass is 19.1. The SMILES string of the molecule is O=c1occ(O)n1-c1ccc(F)c(O)c1. The molecule has 0 aliphatic carbocycles. The van der Waals surface area contributed by atoms with Gasteiger partial charge in [-0.3, -0.25) is 0 Å². The second kappa shape index (κ2) is 3.16. The molecule has 2 N–H and O–H groups in total. The Morgan fingerprint density at radius 1 is 1.33 bits per heavy atom. The van der Waals surface area contributed by atoms with Crippen LogP contribution in [0.2, 0.25) is 0 Å². The number of benzene rings is 1. The molecule has 6 heteroatoms. The zero-order valence-electron chi connectivity index (χ0n) is 7.35. The highest BCUT2D eigenvalue weighted by Gasteiger charge is 2.10. The molecule has 1 aromatic carbocycles. The first kappa shape index (κ1) is 9.32. The summed E-state index contributed by atoms with van der Waals surface area (Å²) in [7, 11) is 0. The molecule has 15 heavy (non-hydrogen) atoms. The molecule has 1 aromatic heterocycles.